The van der Waals surface area contributed by atoms with E-state index in [2.05, 4.69) is 15.8 Å². The van der Waals surface area contributed by atoms with E-state index in [4.69, 9.17) is 22.2 Å². The molecule has 0 saturated heterocycles. The largest absolute Gasteiger partial charge is 0.384 e. The predicted molar refractivity (Wildman–Crippen MR) is 116 cm³/mol. The maximum Gasteiger partial charge on any atom is 0.267 e. The van der Waals surface area contributed by atoms with Crippen molar-refractivity contribution in [1.29, 1.82) is 0 Å². The highest BCUT2D eigenvalue weighted by Gasteiger charge is 2.17. The maximum atomic E-state index is 12.4. The molecule has 0 aliphatic carbocycles. The smallest absolute Gasteiger partial charge is 0.267 e. The molecule has 2 aromatic carbocycles. The Morgan fingerprint density at radius 3 is 2.31 bits per heavy atom. The van der Waals surface area contributed by atoms with Gasteiger partial charge in [0.2, 0.25) is 12.0 Å². The van der Waals surface area contributed by atoms with Crippen LogP contribution in [-0.4, -0.2) is 23.8 Å². The molecule has 154 valence electrons. The third kappa shape index (κ3) is 6.80. The van der Waals surface area contributed by atoms with Gasteiger partial charge in [-0.05, 0) is 36.6 Å². The van der Waals surface area contributed by atoms with Crippen molar-refractivity contribution in [3.05, 3.63) is 59.1 Å². The lowest BCUT2D eigenvalue weighted by atomic mass is 10.0. The molecule has 1 atom stereocenters. The molecule has 0 bridgehead atoms. The lowest BCUT2D eigenvalue weighted by Crippen LogP contribution is -2.28. The van der Waals surface area contributed by atoms with Gasteiger partial charge in [0.1, 0.15) is 5.84 Å². The fourth-order valence-electron chi connectivity index (χ4n) is 2.50. The van der Waals surface area contributed by atoms with Crippen molar-refractivity contribution in [2.75, 3.05) is 10.6 Å². The molecule has 0 aromatic heterocycles. The van der Waals surface area contributed by atoms with E-state index in [1.165, 1.54) is 0 Å². The molecule has 7 nitrogen and oxygen atoms in total. The average Bonchev–Trinajstić information content (AvgIpc) is 2.68. The number of para-hydroxylation sites is 2. The SMILES string of the molecule is CC(O/N=C(/N)CC(=O)Nc1ccccc1Cl)C(=O)Nc1ccccc1C(C)C. The van der Waals surface area contributed by atoms with Crippen molar-refractivity contribution >= 4 is 40.6 Å². The number of anilines is 2. The topological polar surface area (TPSA) is 106 Å². The Bertz CT molecular complexity index is 899. The van der Waals surface area contributed by atoms with Crippen LogP contribution in [0.5, 0.6) is 0 Å². The van der Waals surface area contributed by atoms with Gasteiger partial charge in [0.15, 0.2) is 0 Å². The Labute approximate surface area is 175 Å². The highest BCUT2D eigenvalue weighted by molar-refractivity contribution is 6.33. The maximum absolute atomic E-state index is 12.4. The zero-order valence-corrected chi connectivity index (χ0v) is 17.4. The van der Waals surface area contributed by atoms with E-state index >= 15 is 0 Å². The summed E-state index contributed by atoms with van der Waals surface area (Å²) in [7, 11) is 0. The first kappa shape index (κ1) is 22.2. The minimum atomic E-state index is -0.889. The number of oxime groups is 1. The fraction of sp³-hybridized carbons (Fsp3) is 0.286. The van der Waals surface area contributed by atoms with Crippen LogP contribution in [0.25, 0.3) is 0 Å². The Morgan fingerprint density at radius 1 is 1.03 bits per heavy atom. The molecule has 1 unspecified atom stereocenters. The summed E-state index contributed by atoms with van der Waals surface area (Å²) in [5.74, 6) is -0.564. The lowest BCUT2D eigenvalue weighted by molar-refractivity contribution is -0.126. The number of amidine groups is 1. The number of hydrogen-bond donors (Lipinski definition) is 3. The molecule has 0 fully saturated rings. The van der Waals surface area contributed by atoms with Crippen LogP contribution >= 0.6 is 11.6 Å². The molecule has 0 radical (unpaired) electrons. The van der Waals surface area contributed by atoms with Gasteiger partial charge in [-0.2, -0.15) is 0 Å². The normalized spacial score (nSPS) is 12.4. The summed E-state index contributed by atoms with van der Waals surface area (Å²) >= 11 is 5.99. The summed E-state index contributed by atoms with van der Waals surface area (Å²) in [4.78, 5) is 29.5. The molecule has 0 aliphatic rings. The number of amides is 2. The minimum absolute atomic E-state index is 0.0585. The molecule has 2 amide bonds. The van der Waals surface area contributed by atoms with Gasteiger partial charge in [-0.1, -0.05) is 60.9 Å². The van der Waals surface area contributed by atoms with E-state index in [0.717, 1.165) is 11.3 Å². The monoisotopic (exact) mass is 416 g/mol. The van der Waals surface area contributed by atoms with Crippen LogP contribution < -0.4 is 16.4 Å². The number of hydrogen-bond acceptors (Lipinski definition) is 4. The quantitative estimate of drug-likeness (QED) is 0.342. The van der Waals surface area contributed by atoms with Crippen LogP contribution in [0.15, 0.2) is 53.7 Å². The second-order valence-electron chi connectivity index (χ2n) is 6.77. The molecule has 0 saturated carbocycles. The zero-order chi connectivity index (χ0) is 21.4. The second kappa shape index (κ2) is 10.5. The Hall–Kier alpha value is -3.06. The summed E-state index contributed by atoms with van der Waals surface area (Å²) in [6.07, 6.45) is -1.09. The van der Waals surface area contributed by atoms with E-state index in [9.17, 15) is 9.59 Å². The first-order valence-electron chi connectivity index (χ1n) is 9.20. The van der Waals surface area contributed by atoms with Gasteiger partial charge in [0.25, 0.3) is 5.91 Å². The first-order chi connectivity index (χ1) is 13.8. The molecule has 0 aliphatic heterocycles. The molecule has 29 heavy (non-hydrogen) atoms. The molecule has 8 heteroatoms. The molecule has 4 N–H and O–H groups in total. The highest BCUT2D eigenvalue weighted by Crippen LogP contribution is 2.24. The first-order valence-corrected chi connectivity index (χ1v) is 9.58. The van der Waals surface area contributed by atoms with Crippen molar-refractivity contribution in [2.24, 2.45) is 10.9 Å². The van der Waals surface area contributed by atoms with E-state index in [1.807, 2.05) is 38.1 Å². The van der Waals surface area contributed by atoms with Crippen molar-refractivity contribution < 1.29 is 14.4 Å². The van der Waals surface area contributed by atoms with Gasteiger partial charge in [-0.15, -0.1) is 0 Å². The Balaban J connectivity index is 1.89. The molecule has 2 rings (SSSR count). The van der Waals surface area contributed by atoms with Crippen LogP contribution in [0.2, 0.25) is 5.02 Å². The van der Waals surface area contributed by atoms with Crippen LogP contribution in [0.4, 0.5) is 11.4 Å². The van der Waals surface area contributed by atoms with Gasteiger partial charge in [0, 0.05) is 5.69 Å². The van der Waals surface area contributed by atoms with E-state index < -0.39 is 12.0 Å². The Kier molecular flexibility index (Phi) is 8.03. The molecular weight excluding hydrogens is 392 g/mol. The van der Waals surface area contributed by atoms with Crippen molar-refractivity contribution in [3.8, 4) is 0 Å². The van der Waals surface area contributed by atoms with Crippen LogP contribution in [0.1, 0.15) is 38.7 Å². The third-order valence-electron chi connectivity index (χ3n) is 4.03. The number of nitrogens with two attached hydrogens (primary N) is 1. The van der Waals surface area contributed by atoms with Crippen molar-refractivity contribution in [1.82, 2.24) is 0 Å². The highest BCUT2D eigenvalue weighted by atomic mass is 35.5. The molecule has 2 aromatic rings. The number of nitrogens with zero attached hydrogens (tertiary/aromatic N) is 1. The number of rotatable bonds is 8. The number of carbonyl (C=O) groups is 2. The minimum Gasteiger partial charge on any atom is -0.384 e. The molecular formula is C21H25ClN4O3. The molecule has 0 heterocycles. The summed E-state index contributed by atoms with van der Waals surface area (Å²) in [5.41, 5.74) is 7.95. The van der Waals surface area contributed by atoms with Gasteiger partial charge in [-0.3, -0.25) is 9.59 Å². The average molecular weight is 417 g/mol. The predicted octanol–water partition coefficient (Wildman–Crippen LogP) is 4.11. The lowest BCUT2D eigenvalue weighted by Gasteiger charge is -2.16. The van der Waals surface area contributed by atoms with Gasteiger partial charge >= 0.3 is 0 Å². The summed E-state index contributed by atoms with van der Waals surface area (Å²) in [6, 6.07) is 14.4. The van der Waals surface area contributed by atoms with Crippen LogP contribution in [-0.2, 0) is 14.4 Å². The van der Waals surface area contributed by atoms with E-state index in [-0.39, 0.29) is 24.1 Å². The van der Waals surface area contributed by atoms with E-state index in [1.54, 1.807) is 31.2 Å². The van der Waals surface area contributed by atoms with Gasteiger partial charge in [0.05, 0.1) is 17.1 Å². The van der Waals surface area contributed by atoms with Crippen LogP contribution in [0.3, 0.4) is 0 Å². The fourth-order valence-corrected chi connectivity index (χ4v) is 2.68. The zero-order valence-electron chi connectivity index (χ0n) is 16.6. The summed E-state index contributed by atoms with van der Waals surface area (Å²) in [5, 5.41) is 9.57. The number of benzene rings is 2. The van der Waals surface area contributed by atoms with Crippen LogP contribution in [0, 0.1) is 0 Å². The number of halogens is 1. The van der Waals surface area contributed by atoms with Crippen molar-refractivity contribution in [2.45, 2.75) is 39.2 Å². The van der Waals surface area contributed by atoms with Gasteiger partial charge < -0.3 is 21.2 Å². The summed E-state index contributed by atoms with van der Waals surface area (Å²) < 4.78 is 0. The standard InChI is InChI=1S/C21H25ClN4O3/c1-13(2)15-8-4-6-10-17(15)25-21(28)14(3)29-26-19(23)12-20(27)24-18-11-7-5-9-16(18)22/h4-11,13-14H,12H2,1-3H3,(H2,23,26)(H,24,27)(H,25,28). The van der Waals surface area contributed by atoms with Crippen molar-refractivity contribution in [3.63, 3.8) is 0 Å². The summed E-state index contributed by atoms with van der Waals surface area (Å²) in [6.45, 7) is 5.64. The third-order valence-corrected chi connectivity index (χ3v) is 4.36. The number of nitrogens with one attached hydrogen (secondary N) is 2. The van der Waals surface area contributed by atoms with E-state index in [0.29, 0.717) is 10.7 Å². The van der Waals surface area contributed by atoms with Gasteiger partial charge in [-0.25, -0.2) is 0 Å². The Morgan fingerprint density at radius 2 is 1.66 bits per heavy atom. The number of carbonyl (C=O) groups excluding carboxylic acids is 2. The molecule has 0 spiro atoms. The second-order valence-corrected chi connectivity index (χ2v) is 7.17.